The number of halogens is 1. The van der Waals surface area contributed by atoms with Crippen LogP contribution in [0.25, 0.3) is 0 Å². The lowest BCUT2D eigenvalue weighted by Crippen LogP contribution is -2.31. The number of carbonyl (C=O) groups is 1. The summed E-state index contributed by atoms with van der Waals surface area (Å²) >= 11 is 9.12. The molecule has 0 aliphatic carbocycles. The van der Waals surface area contributed by atoms with E-state index in [0.29, 0.717) is 6.42 Å². The largest absolute Gasteiger partial charge is 0.324 e. The number of thioether (sulfide) groups is 2. The molecule has 0 unspecified atom stereocenters. The number of benzene rings is 2. The topological polar surface area (TPSA) is 59.8 Å². The molecule has 1 N–H and O–H groups in total. The summed E-state index contributed by atoms with van der Waals surface area (Å²) in [5, 5.41) is 12.9. The van der Waals surface area contributed by atoms with Gasteiger partial charge in [0.2, 0.25) is 5.91 Å². The fourth-order valence-electron chi connectivity index (χ4n) is 2.77. The maximum absolute atomic E-state index is 12.4. The van der Waals surface area contributed by atoms with Gasteiger partial charge in [-0.3, -0.25) is 4.79 Å². The van der Waals surface area contributed by atoms with Gasteiger partial charge in [-0.25, -0.2) is 0 Å². The average molecular weight is 417 g/mol. The van der Waals surface area contributed by atoms with E-state index in [1.807, 2.05) is 60.1 Å². The molecule has 5 nitrogen and oxygen atoms in total. The molecular formula is C19H17ClN4OS2. The van der Waals surface area contributed by atoms with Crippen LogP contribution in [0.5, 0.6) is 0 Å². The van der Waals surface area contributed by atoms with Crippen LogP contribution in [0, 0.1) is 0 Å². The van der Waals surface area contributed by atoms with Crippen LogP contribution in [0.2, 0.25) is 5.02 Å². The number of aromatic nitrogens is 3. The molecule has 3 aromatic rings. The van der Waals surface area contributed by atoms with Gasteiger partial charge in [0.15, 0.2) is 5.16 Å². The molecule has 1 atom stereocenters. The highest BCUT2D eigenvalue weighted by atomic mass is 35.5. The minimum absolute atomic E-state index is 0.0112. The summed E-state index contributed by atoms with van der Waals surface area (Å²) < 4.78 is 1.97. The van der Waals surface area contributed by atoms with Crippen molar-refractivity contribution < 1.29 is 4.79 Å². The number of nitrogens with one attached hydrogen (secondary N) is 1. The summed E-state index contributed by atoms with van der Waals surface area (Å²) in [6.07, 6.45) is 0.538. The Labute approximate surface area is 170 Å². The Morgan fingerprint density at radius 2 is 1.96 bits per heavy atom. The second kappa shape index (κ2) is 7.96. The molecule has 0 saturated carbocycles. The number of carbonyl (C=O) groups excluding carboxylic acids is 1. The van der Waals surface area contributed by atoms with Gasteiger partial charge >= 0.3 is 0 Å². The first-order valence-electron chi connectivity index (χ1n) is 8.42. The fraction of sp³-hybridized carbons (Fsp3) is 0.211. The number of para-hydroxylation sites is 1. The number of anilines is 1. The van der Waals surface area contributed by atoms with E-state index < -0.39 is 0 Å². The molecule has 4 rings (SSSR count). The summed E-state index contributed by atoms with van der Waals surface area (Å²) in [5.74, 6) is 1.60. The highest BCUT2D eigenvalue weighted by molar-refractivity contribution is 8.01. The Hall–Kier alpha value is -1.96. The summed E-state index contributed by atoms with van der Waals surface area (Å²) in [6, 6.07) is 15.6. The van der Waals surface area contributed by atoms with Crippen molar-refractivity contribution >= 4 is 46.7 Å². The van der Waals surface area contributed by atoms with Crippen LogP contribution in [0.1, 0.15) is 11.4 Å². The first-order valence-corrected chi connectivity index (χ1v) is 10.7. The summed E-state index contributed by atoms with van der Waals surface area (Å²) in [5.41, 5.74) is 2.05. The predicted molar refractivity (Wildman–Crippen MR) is 110 cm³/mol. The Balaban J connectivity index is 1.43. The standard InChI is InChI=1S/C19H17ClN4OS2/c1-24-17(10-16-18(25)21-14-4-2-3-5-15(14)27-16)22-23-19(24)26-11-12-6-8-13(20)9-7-12/h2-9,16H,10-11H2,1H3,(H,21,25)/t16-/m0/s1. The summed E-state index contributed by atoms with van der Waals surface area (Å²) in [7, 11) is 1.94. The highest BCUT2D eigenvalue weighted by Crippen LogP contribution is 2.36. The van der Waals surface area contributed by atoms with Crippen molar-refractivity contribution in [2.24, 2.45) is 7.05 Å². The number of hydrogen-bond acceptors (Lipinski definition) is 5. The number of fused-ring (bicyclic) bond motifs is 1. The Bertz CT molecular complexity index is 974. The van der Waals surface area contributed by atoms with Crippen molar-refractivity contribution in [1.29, 1.82) is 0 Å². The lowest BCUT2D eigenvalue weighted by Gasteiger charge is -2.23. The van der Waals surface area contributed by atoms with Gasteiger partial charge < -0.3 is 9.88 Å². The van der Waals surface area contributed by atoms with Gasteiger partial charge in [-0.15, -0.1) is 22.0 Å². The van der Waals surface area contributed by atoms with Crippen LogP contribution in [0.3, 0.4) is 0 Å². The van der Waals surface area contributed by atoms with Gasteiger partial charge in [-0.05, 0) is 29.8 Å². The first kappa shape index (κ1) is 18.4. The van der Waals surface area contributed by atoms with Crippen molar-refractivity contribution in [3.63, 3.8) is 0 Å². The predicted octanol–water partition coefficient (Wildman–Crippen LogP) is 4.42. The second-order valence-electron chi connectivity index (χ2n) is 6.17. The molecule has 0 bridgehead atoms. The van der Waals surface area contributed by atoms with E-state index in [4.69, 9.17) is 11.6 Å². The Morgan fingerprint density at radius 1 is 1.19 bits per heavy atom. The van der Waals surface area contributed by atoms with Gasteiger partial charge in [0.05, 0.1) is 10.9 Å². The molecule has 8 heteroatoms. The molecule has 0 radical (unpaired) electrons. The summed E-state index contributed by atoms with van der Waals surface area (Å²) in [4.78, 5) is 13.5. The van der Waals surface area contributed by atoms with Crippen LogP contribution in [-0.2, 0) is 24.0 Å². The van der Waals surface area contributed by atoms with Gasteiger partial charge in [0, 0.05) is 29.1 Å². The third kappa shape index (κ3) is 4.15. The summed E-state index contributed by atoms with van der Waals surface area (Å²) in [6.45, 7) is 0. The third-order valence-corrected chi connectivity index (χ3v) is 6.90. The molecule has 1 amide bonds. The Kier molecular flexibility index (Phi) is 5.43. The molecule has 0 saturated heterocycles. The van der Waals surface area contributed by atoms with E-state index in [-0.39, 0.29) is 11.2 Å². The number of nitrogens with zero attached hydrogens (tertiary/aromatic N) is 3. The fourth-order valence-corrected chi connectivity index (χ4v) is 4.89. The molecule has 1 aliphatic heterocycles. The maximum Gasteiger partial charge on any atom is 0.238 e. The van der Waals surface area contributed by atoms with Crippen molar-refractivity contribution in [1.82, 2.24) is 14.8 Å². The molecule has 27 heavy (non-hydrogen) atoms. The van der Waals surface area contributed by atoms with E-state index in [0.717, 1.165) is 32.3 Å². The van der Waals surface area contributed by atoms with Crippen molar-refractivity contribution in [3.8, 4) is 0 Å². The van der Waals surface area contributed by atoms with E-state index in [9.17, 15) is 4.79 Å². The zero-order chi connectivity index (χ0) is 18.8. The van der Waals surface area contributed by atoms with Crippen molar-refractivity contribution in [2.75, 3.05) is 5.32 Å². The van der Waals surface area contributed by atoms with Crippen LogP contribution in [0.4, 0.5) is 5.69 Å². The SMILES string of the molecule is Cn1c(C[C@@H]2Sc3ccccc3NC2=O)nnc1SCc1ccc(Cl)cc1. The van der Waals surface area contributed by atoms with Crippen LogP contribution in [-0.4, -0.2) is 25.9 Å². The quantitative estimate of drug-likeness (QED) is 0.624. The lowest BCUT2D eigenvalue weighted by atomic mass is 10.2. The first-order chi connectivity index (χ1) is 13.1. The van der Waals surface area contributed by atoms with E-state index in [2.05, 4.69) is 15.5 Å². The average Bonchev–Trinajstić information content (AvgIpc) is 3.02. The lowest BCUT2D eigenvalue weighted by molar-refractivity contribution is -0.115. The zero-order valence-electron chi connectivity index (χ0n) is 14.6. The maximum atomic E-state index is 12.4. The molecule has 138 valence electrons. The van der Waals surface area contributed by atoms with Gasteiger partial charge in [0.1, 0.15) is 5.82 Å². The molecule has 1 aromatic heterocycles. The molecule has 1 aliphatic rings. The van der Waals surface area contributed by atoms with Gasteiger partial charge in [0.25, 0.3) is 0 Å². The minimum atomic E-state index is -0.211. The third-order valence-electron chi connectivity index (χ3n) is 4.28. The van der Waals surface area contributed by atoms with Crippen molar-refractivity contribution in [3.05, 3.63) is 64.9 Å². The molecule has 0 fully saturated rings. The normalized spacial score (nSPS) is 16.1. The molecule has 0 spiro atoms. The van der Waals surface area contributed by atoms with Crippen molar-refractivity contribution in [2.45, 2.75) is 27.5 Å². The molecule has 2 aromatic carbocycles. The van der Waals surface area contributed by atoms with Crippen LogP contribution in [0.15, 0.2) is 58.6 Å². The number of amides is 1. The van der Waals surface area contributed by atoms with Gasteiger partial charge in [-0.2, -0.15) is 0 Å². The Morgan fingerprint density at radius 3 is 2.78 bits per heavy atom. The smallest absolute Gasteiger partial charge is 0.238 e. The zero-order valence-corrected chi connectivity index (χ0v) is 16.9. The van der Waals surface area contributed by atoms with E-state index in [1.54, 1.807) is 23.5 Å². The monoisotopic (exact) mass is 416 g/mol. The van der Waals surface area contributed by atoms with E-state index in [1.165, 1.54) is 5.56 Å². The molecular weight excluding hydrogens is 400 g/mol. The highest BCUT2D eigenvalue weighted by Gasteiger charge is 2.28. The van der Waals surface area contributed by atoms with E-state index >= 15 is 0 Å². The number of hydrogen-bond donors (Lipinski definition) is 1. The second-order valence-corrected chi connectivity index (χ2v) is 8.79. The minimum Gasteiger partial charge on any atom is -0.324 e. The van der Waals surface area contributed by atoms with Gasteiger partial charge in [-0.1, -0.05) is 47.6 Å². The van der Waals surface area contributed by atoms with Crippen LogP contribution >= 0.6 is 35.1 Å². The molecule has 2 heterocycles. The number of rotatable bonds is 5. The van der Waals surface area contributed by atoms with Crippen LogP contribution < -0.4 is 5.32 Å².